The van der Waals surface area contributed by atoms with E-state index in [1.54, 1.807) is 0 Å². The third-order valence-electron chi connectivity index (χ3n) is 5.15. The molecule has 0 aliphatic heterocycles. The minimum Gasteiger partial charge on any atom is -0.476 e. The second kappa shape index (κ2) is 9.74. The molecule has 3 aromatic rings. The van der Waals surface area contributed by atoms with Crippen molar-refractivity contribution in [2.45, 2.75) is 38.3 Å². The third-order valence-corrected chi connectivity index (χ3v) is 6.98. The Kier molecular flexibility index (Phi) is 7.09. The Morgan fingerprint density at radius 2 is 1.57 bits per heavy atom. The highest BCUT2D eigenvalue weighted by Gasteiger charge is 2.16. The minimum atomic E-state index is -1.16. The van der Waals surface area contributed by atoms with E-state index >= 15 is 0 Å². The SMILES string of the molecule is CCc1ccc(N=Cc2ccccc2[CH2][Al]([CH3])[NH]c2c(C)cccc2C)cc1. The second-order valence-corrected chi connectivity index (χ2v) is 9.99. The van der Waals surface area contributed by atoms with Gasteiger partial charge in [0.15, 0.2) is 0 Å². The van der Waals surface area contributed by atoms with E-state index in [0.717, 1.165) is 17.4 Å². The molecule has 0 saturated carbocycles. The summed E-state index contributed by atoms with van der Waals surface area (Å²) >= 11 is -1.16. The van der Waals surface area contributed by atoms with E-state index in [1.807, 2.05) is 6.21 Å². The molecule has 142 valence electrons. The van der Waals surface area contributed by atoms with Crippen LogP contribution in [0.1, 0.15) is 34.7 Å². The highest BCUT2D eigenvalue weighted by molar-refractivity contribution is 6.60. The molecule has 2 nitrogen and oxygen atoms in total. The number of nitrogens with zero attached hydrogens (tertiary/aromatic N) is 1. The van der Waals surface area contributed by atoms with Gasteiger partial charge in [-0.25, -0.2) is 0 Å². The lowest BCUT2D eigenvalue weighted by molar-refractivity contribution is 1.14. The van der Waals surface area contributed by atoms with E-state index in [0.29, 0.717) is 0 Å². The number of aliphatic imine (C=N–C) groups is 1. The van der Waals surface area contributed by atoms with Gasteiger partial charge in [0.25, 0.3) is 0 Å². The molecule has 0 aliphatic rings. The number of nitrogens with one attached hydrogen (secondary N) is 1. The first-order chi connectivity index (χ1) is 13.6. The highest BCUT2D eigenvalue weighted by Crippen LogP contribution is 2.21. The molecule has 0 aliphatic carbocycles. The maximum atomic E-state index is 4.70. The van der Waals surface area contributed by atoms with Crippen LogP contribution in [0, 0.1) is 13.8 Å². The molecule has 0 saturated heterocycles. The Morgan fingerprint density at radius 1 is 0.893 bits per heavy atom. The predicted molar refractivity (Wildman–Crippen MR) is 124 cm³/mol. The van der Waals surface area contributed by atoms with Gasteiger partial charge in [-0.05, 0) is 59.9 Å². The quantitative estimate of drug-likeness (QED) is 0.368. The number of hydrogen-bond acceptors (Lipinski definition) is 2. The lowest BCUT2D eigenvalue weighted by Crippen LogP contribution is -2.25. The topological polar surface area (TPSA) is 24.4 Å². The Morgan fingerprint density at radius 3 is 2.25 bits per heavy atom. The number of anilines is 1. The van der Waals surface area contributed by atoms with Crippen molar-refractivity contribution >= 4 is 32.0 Å². The molecule has 1 N–H and O–H groups in total. The van der Waals surface area contributed by atoms with Crippen LogP contribution in [0.3, 0.4) is 0 Å². The summed E-state index contributed by atoms with van der Waals surface area (Å²) in [5, 5.41) is 1.09. The molecule has 0 radical (unpaired) electrons. The average molecular weight is 385 g/mol. The fraction of sp³-hybridized carbons (Fsp3) is 0.240. The summed E-state index contributed by atoms with van der Waals surface area (Å²) in [7, 11) is 0. The van der Waals surface area contributed by atoms with Crippen LogP contribution in [0.4, 0.5) is 11.4 Å². The van der Waals surface area contributed by atoms with Gasteiger partial charge in [0.1, 0.15) is 0 Å². The smallest absolute Gasteiger partial charge is 0.412 e. The Balaban J connectivity index is 1.73. The zero-order valence-electron chi connectivity index (χ0n) is 17.4. The zero-order valence-corrected chi connectivity index (χ0v) is 18.5. The molecule has 0 aromatic heterocycles. The van der Waals surface area contributed by atoms with E-state index in [9.17, 15) is 0 Å². The van der Waals surface area contributed by atoms with Gasteiger partial charge >= 0.3 is 14.4 Å². The molecule has 0 amide bonds. The maximum Gasteiger partial charge on any atom is 0.412 e. The predicted octanol–water partition coefficient (Wildman–Crippen LogP) is 6.43. The Labute approximate surface area is 174 Å². The van der Waals surface area contributed by atoms with Gasteiger partial charge in [-0.3, -0.25) is 4.99 Å². The molecular formula is C25H29AlN2. The van der Waals surface area contributed by atoms with Crippen LogP contribution in [0.25, 0.3) is 0 Å². The Hall–Kier alpha value is -2.34. The van der Waals surface area contributed by atoms with Gasteiger partial charge in [0.2, 0.25) is 0 Å². The number of para-hydroxylation sites is 1. The molecule has 28 heavy (non-hydrogen) atoms. The van der Waals surface area contributed by atoms with E-state index < -0.39 is 14.4 Å². The van der Waals surface area contributed by atoms with Crippen molar-refractivity contribution in [2.75, 3.05) is 4.30 Å². The van der Waals surface area contributed by atoms with Crippen LogP contribution in [0.5, 0.6) is 0 Å². The van der Waals surface area contributed by atoms with Crippen LogP contribution in [0.2, 0.25) is 5.79 Å². The molecule has 3 rings (SSSR count). The lowest BCUT2D eigenvalue weighted by atomic mass is 10.1. The molecule has 0 fully saturated rings. The summed E-state index contributed by atoms with van der Waals surface area (Å²) in [6.07, 6.45) is 3.07. The number of aryl methyl sites for hydroxylation is 3. The van der Waals surface area contributed by atoms with Crippen molar-refractivity contribution in [1.82, 2.24) is 0 Å². The van der Waals surface area contributed by atoms with Crippen LogP contribution in [-0.2, 0) is 11.7 Å². The van der Waals surface area contributed by atoms with Crippen molar-refractivity contribution in [1.29, 1.82) is 0 Å². The van der Waals surface area contributed by atoms with Crippen molar-refractivity contribution in [2.24, 2.45) is 4.99 Å². The van der Waals surface area contributed by atoms with Crippen molar-refractivity contribution in [3.63, 3.8) is 0 Å². The molecule has 0 unspecified atom stereocenters. The van der Waals surface area contributed by atoms with E-state index in [4.69, 9.17) is 4.99 Å². The second-order valence-electron chi connectivity index (χ2n) is 7.49. The first-order valence-corrected chi connectivity index (χ1v) is 12.7. The Bertz CT molecular complexity index is 925. The first kappa shape index (κ1) is 20.4. The summed E-state index contributed by atoms with van der Waals surface area (Å²) in [5.41, 5.74) is 8.89. The standard InChI is InChI=1S/C16H16N.C8H10N.CH3.Al/c1-3-14-8-10-16(11-9-14)17-12-15-7-5-4-6-13(15)2;1-6-4-3-5-7(2)8(6)9;;/h4-12H,2-3H2,1H3;3-5,9H,1-2H3;1H3;/q;-1;;+1. The normalized spacial score (nSPS) is 11.0. The van der Waals surface area contributed by atoms with Gasteiger partial charge in [-0.1, -0.05) is 72.9 Å². The minimum absolute atomic E-state index is 1.01. The van der Waals surface area contributed by atoms with Crippen LogP contribution in [-0.4, -0.2) is 20.6 Å². The molecule has 3 aromatic carbocycles. The van der Waals surface area contributed by atoms with Gasteiger partial charge in [0, 0.05) is 11.9 Å². The van der Waals surface area contributed by atoms with Crippen LogP contribution < -0.4 is 4.30 Å². The summed E-state index contributed by atoms with van der Waals surface area (Å²) in [5.74, 6) is 2.38. The van der Waals surface area contributed by atoms with Crippen molar-refractivity contribution in [3.05, 3.63) is 94.5 Å². The number of benzene rings is 3. The van der Waals surface area contributed by atoms with E-state index in [-0.39, 0.29) is 0 Å². The summed E-state index contributed by atoms with van der Waals surface area (Å²) in [6, 6.07) is 23.6. The fourth-order valence-corrected chi connectivity index (χ4v) is 5.56. The fourth-order valence-electron chi connectivity index (χ4n) is 3.48. The lowest BCUT2D eigenvalue weighted by Gasteiger charge is -2.17. The van der Waals surface area contributed by atoms with Crippen molar-refractivity contribution in [3.8, 4) is 0 Å². The number of rotatable bonds is 7. The van der Waals surface area contributed by atoms with Crippen LogP contribution >= 0.6 is 0 Å². The molecular weight excluding hydrogens is 355 g/mol. The van der Waals surface area contributed by atoms with Gasteiger partial charge in [-0.2, -0.15) is 0 Å². The first-order valence-electron chi connectivity index (χ1n) is 10.1. The zero-order chi connectivity index (χ0) is 19.9. The largest absolute Gasteiger partial charge is 0.476 e. The molecule has 3 heteroatoms. The summed E-state index contributed by atoms with van der Waals surface area (Å²) in [6.45, 7) is 6.54. The van der Waals surface area contributed by atoms with E-state index in [2.05, 4.69) is 97.6 Å². The summed E-state index contributed by atoms with van der Waals surface area (Å²) in [4.78, 5) is 4.70. The molecule has 0 heterocycles. The third kappa shape index (κ3) is 5.35. The van der Waals surface area contributed by atoms with Gasteiger partial charge < -0.3 is 4.30 Å². The molecule has 0 bridgehead atoms. The van der Waals surface area contributed by atoms with Gasteiger partial charge in [-0.15, -0.1) is 0 Å². The maximum absolute atomic E-state index is 4.70. The van der Waals surface area contributed by atoms with Crippen LogP contribution in [0.15, 0.2) is 71.7 Å². The highest BCUT2D eigenvalue weighted by atomic mass is 27.2. The average Bonchev–Trinajstić information content (AvgIpc) is 2.70. The molecule has 0 atom stereocenters. The monoisotopic (exact) mass is 384 g/mol. The number of hydrogen-bond donors (Lipinski definition) is 1. The van der Waals surface area contributed by atoms with Gasteiger partial charge in [0.05, 0.1) is 5.69 Å². The summed E-state index contributed by atoms with van der Waals surface area (Å²) < 4.78 is 3.83. The van der Waals surface area contributed by atoms with E-state index in [1.165, 1.54) is 33.5 Å². The van der Waals surface area contributed by atoms with Crippen molar-refractivity contribution < 1.29 is 0 Å². The molecule has 0 spiro atoms.